The van der Waals surface area contributed by atoms with Crippen molar-refractivity contribution in [2.45, 2.75) is 127 Å². The van der Waals surface area contributed by atoms with Gasteiger partial charge in [-0.3, -0.25) is 0 Å². The summed E-state index contributed by atoms with van der Waals surface area (Å²) in [4.78, 5) is 15.8. The SMILES string of the molecule is CCC[CH2][Sn]([CH2]CCC)([CH2]CCC)[C](/C=C/C1CCCCC1)(CC(=O)N(C)C)[Si](C)(C)c1ccccc1. The van der Waals surface area contributed by atoms with E-state index in [1.165, 1.54) is 83.9 Å². The fourth-order valence-electron chi connectivity index (χ4n) is 7.24. The summed E-state index contributed by atoms with van der Waals surface area (Å²) in [6.07, 6.45) is 20.9. The second-order valence-corrected chi connectivity index (χ2v) is 33.1. The minimum absolute atomic E-state index is 0.0986. The van der Waals surface area contributed by atoms with Crippen LogP contribution >= 0.6 is 0 Å². The van der Waals surface area contributed by atoms with Crippen molar-refractivity contribution in [1.82, 2.24) is 4.90 Å². The molecular formula is C33H59NOSiSn. The Morgan fingerprint density at radius 1 is 0.919 bits per heavy atom. The van der Waals surface area contributed by atoms with Crippen LogP contribution in [-0.4, -0.2) is 51.4 Å². The molecule has 4 heteroatoms. The second kappa shape index (κ2) is 15.9. The number of hydrogen-bond acceptors (Lipinski definition) is 1. The summed E-state index contributed by atoms with van der Waals surface area (Å²) in [7, 11) is 1.89. The van der Waals surface area contributed by atoms with Crippen molar-refractivity contribution >= 4 is 37.5 Å². The average molecular weight is 633 g/mol. The molecule has 1 amide bonds. The molecule has 37 heavy (non-hydrogen) atoms. The van der Waals surface area contributed by atoms with E-state index in [4.69, 9.17) is 0 Å². The quantitative estimate of drug-likeness (QED) is 0.131. The Hall–Kier alpha value is -0.554. The summed E-state index contributed by atoms with van der Waals surface area (Å²) in [5.74, 6) is 1.06. The van der Waals surface area contributed by atoms with Gasteiger partial charge in [-0.2, -0.15) is 0 Å². The number of hydrogen-bond donors (Lipinski definition) is 0. The monoisotopic (exact) mass is 633 g/mol. The van der Waals surface area contributed by atoms with Crippen molar-refractivity contribution in [3.8, 4) is 0 Å². The van der Waals surface area contributed by atoms with Crippen LogP contribution in [0.4, 0.5) is 0 Å². The number of carbonyl (C=O) groups excluding carboxylic acids is 1. The fraction of sp³-hybridized carbons (Fsp3) is 0.727. The molecule has 0 radical (unpaired) electrons. The van der Waals surface area contributed by atoms with Crippen LogP contribution in [0, 0.1) is 5.92 Å². The van der Waals surface area contributed by atoms with E-state index in [0.29, 0.717) is 11.8 Å². The summed E-state index contributed by atoms with van der Waals surface area (Å²) < 4.78 is 4.44. The van der Waals surface area contributed by atoms with Crippen molar-refractivity contribution in [3.05, 3.63) is 42.5 Å². The van der Waals surface area contributed by atoms with E-state index < -0.39 is 26.5 Å². The first-order valence-electron chi connectivity index (χ1n) is 15.6. The van der Waals surface area contributed by atoms with Crippen molar-refractivity contribution in [2.24, 2.45) is 5.92 Å². The van der Waals surface area contributed by atoms with E-state index in [1.807, 2.05) is 19.0 Å². The molecule has 1 saturated carbocycles. The van der Waals surface area contributed by atoms with Crippen LogP contribution in [0.25, 0.3) is 0 Å². The molecule has 0 bridgehead atoms. The summed E-state index contributed by atoms with van der Waals surface area (Å²) >= 11 is -2.98. The Labute approximate surface area is 236 Å². The van der Waals surface area contributed by atoms with Gasteiger partial charge in [-0.05, 0) is 0 Å². The molecule has 1 aliphatic carbocycles. The van der Waals surface area contributed by atoms with E-state index in [-0.39, 0.29) is 3.05 Å². The predicted octanol–water partition coefficient (Wildman–Crippen LogP) is 9.35. The van der Waals surface area contributed by atoms with Gasteiger partial charge in [-0.15, -0.1) is 0 Å². The van der Waals surface area contributed by atoms with Gasteiger partial charge in [0.25, 0.3) is 0 Å². The van der Waals surface area contributed by atoms with Gasteiger partial charge in [0.15, 0.2) is 0 Å². The summed E-state index contributed by atoms with van der Waals surface area (Å²) in [6, 6.07) is 11.5. The van der Waals surface area contributed by atoms with Gasteiger partial charge in [0.2, 0.25) is 0 Å². The molecule has 2 rings (SSSR count). The molecule has 1 aliphatic rings. The zero-order valence-corrected chi connectivity index (χ0v) is 29.4. The number of carbonyl (C=O) groups is 1. The molecule has 0 heterocycles. The second-order valence-electron chi connectivity index (χ2n) is 12.8. The number of allylic oxidation sites excluding steroid dienone is 2. The summed E-state index contributed by atoms with van der Waals surface area (Å²) in [5, 5.41) is 1.56. The minimum atomic E-state index is -2.98. The van der Waals surface area contributed by atoms with Crippen LogP contribution in [0.5, 0.6) is 0 Å². The van der Waals surface area contributed by atoms with Crippen LogP contribution < -0.4 is 5.19 Å². The third-order valence-corrected chi connectivity index (χ3v) is 40.7. The van der Waals surface area contributed by atoms with Crippen molar-refractivity contribution in [2.75, 3.05) is 14.1 Å². The van der Waals surface area contributed by atoms with Gasteiger partial charge in [0.1, 0.15) is 0 Å². The van der Waals surface area contributed by atoms with Gasteiger partial charge >= 0.3 is 237 Å². The van der Waals surface area contributed by atoms with Gasteiger partial charge in [0, 0.05) is 0 Å². The zero-order valence-electron chi connectivity index (χ0n) is 25.6. The Kier molecular flexibility index (Phi) is 14.0. The topological polar surface area (TPSA) is 20.3 Å². The molecule has 0 saturated heterocycles. The van der Waals surface area contributed by atoms with Gasteiger partial charge < -0.3 is 0 Å². The fourth-order valence-corrected chi connectivity index (χ4v) is 43.9. The third kappa shape index (κ3) is 8.22. The molecule has 1 unspecified atom stereocenters. The Morgan fingerprint density at radius 2 is 1.43 bits per heavy atom. The van der Waals surface area contributed by atoms with Crippen LogP contribution in [-0.2, 0) is 4.79 Å². The van der Waals surface area contributed by atoms with Gasteiger partial charge in [-0.25, -0.2) is 0 Å². The summed E-state index contributed by atoms with van der Waals surface area (Å²) in [6.45, 7) is 12.4. The van der Waals surface area contributed by atoms with Gasteiger partial charge in [0.05, 0.1) is 0 Å². The molecule has 2 nitrogen and oxygen atoms in total. The van der Waals surface area contributed by atoms with Gasteiger partial charge in [-0.1, -0.05) is 0 Å². The number of benzene rings is 1. The van der Waals surface area contributed by atoms with Crippen LogP contribution in [0.2, 0.25) is 29.5 Å². The normalized spacial score (nSPS) is 17.2. The molecule has 1 aromatic carbocycles. The predicted molar refractivity (Wildman–Crippen MR) is 170 cm³/mol. The number of rotatable bonds is 16. The molecule has 0 aromatic heterocycles. The standard InChI is InChI=1S/C21H32NOSi.3C4H9.Sn/c1-22(2)21(23)17-20(16-15-18-11-7-5-8-12-18)24(3,4)19-13-9-6-10-14-19;3*1-3-4-2;/h6,9-10,13-16,18H,5,7-8,11-12,17H2,1-4H3;3*1,3-4H2,2H3;/b16-15+;;;;. The van der Waals surface area contributed by atoms with Crippen molar-refractivity contribution < 1.29 is 4.79 Å². The summed E-state index contributed by atoms with van der Waals surface area (Å²) in [5.41, 5.74) is 0. The average Bonchev–Trinajstić information content (AvgIpc) is 2.91. The molecule has 0 aliphatic heterocycles. The third-order valence-electron chi connectivity index (χ3n) is 9.82. The first kappa shape index (κ1) is 32.7. The molecule has 1 atom stereocenters. The van der Waals surface area contributed by atoms with Crippen molar-refractivity contribution in [3.63, 3.8) is 0 Å². The van der Waals surface area contributed by atoms with Crippen molar-refractivity contribution in [1.29, 1.82) is 0 Å². The molecular weight excluding hydrogens is 573 g/mol. The first-order valence-corrected chi connectivity index (χ1v) is 26.1. The molecule has 0 spiro atoms. The Balaban J connectivity index is 2.88. The van der Waals surface area contributed by atoms with Crippen LogP contribution in [0.15, 0.2) is 42.5 Å². The number of amides is 1. The maximum atomic E-state index is 13.9. The van der Waals surface area contributed by atoms with E-state index in [0.717, 1.165) is 6.42 Å². The number of nitrogens with zero attached hydrogens (tertiary/aromatic N) is 1. The van der Waals surface area contributed by atoms with E-state index >= 15 is 0 Å². The van der Waals surface area contributed by atoms with Crippen LogP contribution in [0.1, 0.15) is 97.8 Å². The molecule has 0 N–H and O–H groups in total. The number of unbranched alkanes of at least 4 members (excludes halogenated alkanes) is 3. The van der Waals surface area contributed by atoms with E-state index in [9.17, 15) is 4.79 Å². The molecule has 1 fully saturated rings. The Morgan fingerprint density at radius 3 is 1.89 bits per heavy atom. The maximum absolute atomic E-state index is 13.9. The van der Waals surface area contributed by atoms with Crippen LogP contribution in [0.3, 0.4) is 0 Å². The first-order chi connectivity index (χ1) is 17.7. The van der Waals surface area contributed by atoms with E-state index in [2.05, 4.69) is 76.3 Å². The van der Waals surface area contributed by atoms with E-state index in [1.54, 1.807) is 5.19 Å². The Bertz CT molecular complexity index is 793. The molecule has 1 aromatic rings. The molecule has 210 valence electrons. The zero-order chi connectivity index (χ0) is 27.4.